The zero-order valence-corrected chi connectivity index (χ0v) is 13.2. The Labute approximate surface area is 131 Å². The molecule has 116 valence electrons. The third-order valence-electron chi connectivity index (χ3n) is 3.93. The summed E-state index contributed by atoms with van der Waals surface area (Å²) in [6, 6.07) is 5.36. The lowest BCUT2D eigenvalue weighted by atomic mass is 10.1. The van der Waals surface area contributed by atoms with Crippen LogP contribution in [0.4, 0.5) is 0 Å². The molecule has 0 radical (unpaired) electrons. The van der Waals surface area contributed by atoms with Gasteiger partial charge >= 0.3 is 0 Å². The van der Waals surface area contributed by atoms with Gasteiger partial charge in [-0.25, -0.2) is 0 Å². The number of rotatable bonds is 5. The number of hydrogen-bond donors (Lipinski definition) is 2. The number of nitrogens with zero attached hydrogens (tertiary/aromatic N) is 1. The second-order valence-electron chi connectivity index (χ2n) is 5.65. The molecule has 21 heavy (non-hydrogen) atoms. The summed E-state index contributed by atoms with van der Waals surface area (Å²) in [6.45, 7) is 5.43. The number of halogens is 1. The summed E-state index contributed by atoms with van der Waals surface area (Å²) in [5, 5.41) is 13.0. The minimum atomic E-state index is -0.132. The quantitative estimate of drug-likeness (QED) is 0.820. The first-order chi connectivity index (χ1) is 10.1. The van der Waals surface area contributed by atoms with Crippen LogP contribution in [0.1, 0.15) is 35.2 Å². The van der Waals surface area contributed by atoms with E-state index in [4.69, 9.17) is 11.6 Å². The largest absolute Gasteiger partial charge is 0.393 e. The number of nitrogens with one attached hydrogen (secondary N) is 1. The van der Waals surface area contributed by atoms with Crippen LogP contribution in [0, 0.1) is 6.92 Å². The first kappa shape index (κ1) is 16.3. The van der Waals surface area contributed by atoms with E-state index in [1.165, 1.54) is 0 Å². The Morgan fingerprint density at radius 2 is 2.14 bits per heavy atom. The molecule has 0 aliphatic carbocycles. The third-order valence-corrected chi connectivity index (χ3v) is 4.33. The maximum Gasteiger partial charge on any atom is 0.251 e. The van der Waals surface area contributed by atoms with E-state index in [1.807, 2.05) is 13.0 Å². The average Bonchev–Trinajstić information content (AvgIpc) is 2.48. The molecule has 4 nitrogen and oxygen atoms in total. The molecule has 1 aromatic carbocycles. The maximum absolute atomic E-state index is 12.0. The van der Waals surface area contributed by atoms with Crippen molar-refractivity contribution in [2.24, 2.45) is 0 Å². The molecule has 1 saturated heterocycles. The molecule has 2 N–H and O–H groups in total. The van der Waals surface area contributed by atoms with Crippen molar-refractivity contribution < 1.29 is 9.90 Å². The monoisotopic (exact) mass is 310 g/mol. The second kappa shape index (κ2) is 7.78. The normalized spacial score (nSPS) is 16.9. The molecule has 1 aliphatic rings. The molecule has 0 unspecified atom stereocenters. The molecular weight excluding hydrogens is 288 g/mol. The zero-order valence-electron chi connectivity index (χ0n) is 12.4. The van der Waals surface area contributed by atoms with Crippen LogP contribution >= 0.6 is 11.6 Å². The number of likely N-dealkylation sites (tertiary alicyclic amines) is 1. The molecule has 1 aromatic rings. The minimum absolute atomic E-state index is 0.0778. The number of piperidine rings is 1. The number of amides is 1. The van der Waals surface area contributed by atoms with E-state index in [9.17, 15) is 9.90 Å². The highest BCUT2D eigenvalue weighted by molar-refractivity contribution is 6.31. The van der Waals surface area contributed by atoms with Crippen molar-refractivity contribution in [1.82, 2.24) is 10.2 Å². The smallest absolute Gasteiger partial charge is 0.251 e. The van der Waals surface area contributed by atoms with Crippen LogP contribution in [0.3, 0.4) is 0 Å². The highest BCUT2D eigenvalue weighted by Crippen LogP contribution is 2.16. The minimum Gasteiger partial charge on any atom is -0.393 e. The van der Waals surface area contributed by atoms with Gasteiger partial charge < -0.3 is 15.3 Å². The molecule has 2 rings (SSSR count). The summed E-state index contributed by atoms with van der Waals surface area (Å²) in [5.74, 6) is -0.0778. The molecule has 5 heteroatoms. The van der Waals surface area contributed by atoms with Gasteiger partial charge in [0.25, 0.3) is 5.91 Å². The first-order valence-corrected chi connectivity index (χ1v) is 7.89. The lowest BCUT2D eigenvalue weighted by Crippen LogP contribution is -2.37. The van der Waals surface area contributed by atoms with E-state index in [-0.39, 0.29) is 12.0 Å². The fourth-order valence-electron chi connectivity index (χ4n) is 2.48. The van der Waals surface area contributed by atoms with Crippen LogP contribution in [0.15, 0.2) is 18.2 Å². The van der Waals surface area contributed by atoms with Crippen molar-refractivity contribution in [3.05, 3.63) is 34.3 Å². The van der Waals surface area contributed by atoms with Crippen LogP contribution in [0.2, 0.25) is 5.02 Å². The summed E-state index contributed by atoms with van der Waals surface area (Å²) in [5.41, 5.74) is 1.58. The topological polar surface area (TPSA) is 52.6 Å². The van der Waals surface area contributed by atoms with Gasteiger partial charge in [-0.15, -0.1) is 0 Å². The van der Waals surface area contributed by atoms with Crippen molar-refractivity contribution in [2.45, 2.75) is 32.3 Å². The Morgan fingerprint density at radius 3 is 2.81 bits per heavy atom. The third kappa shape index (κ3) is 4.99. The maximum atomic E-state index is 12.0. The van der Waals surface area contributed by atoms with Crippen LogP contribution < -0.4 is 5.32 Å². The van der Waals surface area contributed by atoms with Gasteiger partial charge in [0.2, 0.25) is 0 Å². The van der Waals surface area contributed by atoms with E-state index < -0.39 is 0 Å². The molecule has 1 fully saturated rings. The molecule has 1 aliphatic heterocycles. The van der Waals surface area contributed by atoms with Crippen molar-refractivity contribution in [3.63, 3.8) is 0 Å². The van der Waals surface area contributed by atoms with Gasteiger partial charge in [0.05, 0.1) is 6.10 Å². The van der Waals surface area contributed by atoms with Crippen LogP contribution in [-0.2, 0) is 0 Å². The molecule has 0 saturated carbocycles. The summed E-state index contributed by atoms with van der Waals surface area (Å²) in [7, 11) is 0. The highest BCUT2D eigenvalue weighted by Gasteiger charge is 2.16. The fraction of sp³-hybridized carbons (Fsp3) is 0.562. The fourth-order valence-corrected chi connectivity index (χ4v) is 2.66. The van der Waals surface area contributed by atoms with Gasteiger partial charge in [-0.05, 0) is 50.4 Å². The summed E-state index contributed by atoms with van der Waals surface area (Å²) < 4.78 is 0. The predicted octanol–water partition coefficient (Wildman–Crippen LogP) is 2.23. The van der Waals surface area contributed by atoms with E-state index >= 15 is 0 Å². The molecule has 0 bridgehead atoms. The van der Waals surface area contributed by atoms with Gasteiger partial charge in [0, 0.05) is 30.2 Å². The number of benzene rings is 1. The molecule has 0 spiro atoms. The molecule has 0 atom stereocenters. The Kier molecular flexibility index (Phi) is 6.03. The molecule has 1 heterocycles. The number of aryl methyl sites for hydroxylation is 1. The van der Waals surface area contributed by atoms with Gasteiger partial charge in [0.15, 0.2) is 0 Å². The van der Waals surface area contributed by atoms with Gasteiger partial charge in [-0.1, -0.05) is 17.7 Å². The van der Waals surface area contributed by atoms with E-state index in [2.05, 4.69) is 10.2 Å². The van der Waals surface area contributed by atoms with Crippen molar-refractivity contribution in [1.29, 1.82) is 0 Å². The van der Waals surface area contributed by atoms with Crippen molar-refractivity contribution in [3.8, 4) is 0 Å². The number of aliphatic hydroxyl groups excluding tert-OH is 1. The van der Waals surface area contributed by atoms with E-state index in [1.54, 1.807) is 12.1 Å². The summed E-state index contributed by atoms with van der Waals surface area (Å²) in [6.07, 6.45) is 2.50. The molecular formula is C16H23ClN2O2. The van der Waals surface area contributed by atoms with Crippen LogP contribution in [0.25, 0.3) is 0 Å². The number of hydrogen-bond acceptors (Lipinski definition) is 3. The summed E-state index contributed by atoms with van der Waals surface area (Å²) >= 11 is 6.03. The van der Waals surface area contributed by atoms with Crippen molar-refractivity contribution in [2.75, 3.05) is 26.2 Å². The van der Waals surface area contributed by atoms with Gasteiger partial charge in [-0.2, -0.15) is 0 Å². The van der Waals surface area contributed by atoms with Gasteiger partial charge in [-0.3, -0.25) is 4.79 Å². The van der Waals surface area contributed by atoms with Crippen LogP contribution in [-0.4, -0.2) is 48.2 Å². The lowest BCUT2D eigenvalue weighted by Gasteiger charge is -2.29. The Hall–Kier alpha value is -1.10. The SMILES string of the molecule is Cc1ccc(C(=O)NCCCN2CCC(O)CC2)cc1Cl. The standard InChI is InChI=1S/C16H23ClN2O2/c1-12-3-4-13(11-15(12)17)16(21)18-7-2-8-19-9-5-14(20)6-10-19/h3-4,11,14,20H,2,5-10H2,1H3,(H,18,21). The Morgan fingerprint density at radius 1 is 1.43 bits per heavy atom. The summed E-state index contributed by atoms with van der Waals surface area (Å²) in [4.78, 5) is 14.3. The Bertz CT molecular complexity index is 485. The number of carbonyl (C=O) groups excluding carboxylic acids is 1. The zero-order chi connectivity index (χ0) is 15.2. The molecule has 0 aromatic heterocycles. The lowest BCUT2D eigenvalue weighted by molar-refractivity contribution is 0.0816. The van der Waals surface area contributed by atoms with Crippen molar-refractivity contribution >= 4 is 17.5 Å². The second-order valence-corrected chi connectivity index (χ2v) is 6.05. The van der Waals surface area contributed by atoms with E-state index in [0.717, 1.165) is 44.5 Å². The highest BCUT2D eigenvalue weighted by atomic mass is 35.5. The number of carbonyl (C=O) groups is 1. The first-order valence-electron chi connectivity index (χ1n) is 7.51. The molecule has 1 amide bonds. The predicted molar refractivity (Wildman–Crippen MR) is 84.8 cm³/mol. The average molecular weight is 311 g/mol. The van der Waals surface area contributed by atoms with Gasteiger partial charge in [0.1, 0.15) is 0 Å². The van der Waals surface area contributed by atoms with Crippen LogP contribution in [0.5, 0.6) is 0 Å². The Balaban J connectivity index is 1.68. The number of aliphatic hydroxyl groups is 1. The van der Waals surface area contributed by atoms with E-state index in [0.29, 0.717) is 17.1 Å².